The Kier molecular flexibility index (Phi) is 5.94. The van der Waals surface area contributed by atoms with E-state index in [1.165, 1.54) is 11.1 Å². The van der Waals surface area contributed by atoms with Gasteiger partial charge in [-0.05, 0) is 26.0 Å². The van der Waals surface area contributed by atoms with E-state index in [1.807, 2.05) is 0 Å². The van der Waals surface area contributed by atoms with E-state index >= 15 is 0 Å². The lowest BCUT2D eigenvalue weighted by Gasteiger charge is -2.30. The Bertz CT molecular complexity index is 584. The minimum atomic E-state index is 0. The molecule has 0 aliphatic carbocycles. The fraction of sp³-hybridized carbons (Fsp3) is 0.500. The summed E-state index contributed by atoms with van der Waals surface area (Å²) in [4.78, 5) is 6.83. The van der Waals surface area contributed by atoms with Crippen molar-refractivity contribution in [2.75, 3.05) is 26.7 Å². The molecule has 1 aromatic heterocycles. The summed E-state index contributed by atoms with van der Waals surface area (Å²) in [6, 6.07) is 8.81. The van der Waals surface area contributed by atoms with Crippen LogP contribution in [0.25, 0.3) is 0 Å². The molecule has 1 aliphatic heterocycles. The van der Waals surface area contributed by atoms with E-state index in [9.17, 15) is 0 Å². The molecule has 2 heterocycles. The molecular formula is C16H23ClN4O. The normalized spacial score (nSPS) is 18.9. The molecule has 0 amide bonds. The van der Waals surface area contributed by atoms with E-state index in [-0.39, 0.29) is 18.4 Å². The first-order valence-electron chi connectivity index (χ1n) is 7.51. The van der Waals surface area contributed by atoms with Gasteiger partial charge in [0.25, 0.3) is 0 Å². The van der Waals surface area contributed by atoms with Crippen molar-refractivity contribution < 1.29 is 4.52 Å². The van der Waals surface area contributed by atoms with Crippen LogP contribution in [0.3, 0.4) is 0 Å². The summed E-state index contributed by atoms with van der Waals surface area (Å²) < 4.78 is 5.40. The Morgan fingerprint density at radius 1 is 1.27 bits per heavy atom. The number of rotatable bonds is 4. The molecular weight excluding hydrogens is 300 g/mol. The van der Waals surface area contributed by atoms with Crippen LogP contribution in [0.5, 0.6) is 0 Å². The number of nitrogens with zero attached hydrogens (tertiary/aromatic N) is 3. The number of benzene rings is 1. The zero-order valence-corrected chi connectivity index (χ0v) is 13.9. The molecule has 1 fully saturated rings. The Morgan fingerprint density at radius 3 is 2.77 bits per heavy atom. The highest BCUT2D eigenvalue weighted by Crippen LogP contribution is 2.18. The highest BCUT2D eigenvalue weighted by atomic mass is 35.5. The molecule has 1 aliphatic rings. The van der Waals surface area contributed by atoms with Crippen LogP contribution in [0.4, 0.5) is 0 Å². The van der Waals surface area contributed by atoms with Crippen LogP contribution in [0.15, 0.2) is 28.8 Å². The van der Waals surface area contributed by atoms with Crippen molar-refractivity contribution in [3.63, 3.8) is 0 Å². The van der Waals surface area contributed by atoms with E-state index in [1.54, 1.807) is 0 Å². The molecule has 1 atom stereocenters. The summed E-state index contributed by atoms with van der Waals surface area (Å²) in [7, 11) is 2.11. The number of likely N-dealkylation sites (N-methyl/N-ethyl adjacent to an activating group) is 1. The maximum absolute atomic E-state index is 5.40. The van der Waals surface area contributed by atoms with E-state index in [0.29, 0.717) is 0 Å². The van der Waals surface area contributed by atoms with Gasteiger partial charge in [-0.15, -0.1) is 12.4 Å². The number of nitrogens with one attached hydrogen (secondary N) is 1. The van der Waals surface area contributed by atoms with Gasteiger partial charge in [-0.1, -0.05) is 35.0 Å². The summed E-state index contributed by atoms with van der Waals surface area (Å²) in [6.07, 6.45) is 1.72. The molecule has 1 saturated heterocycles. The molecule has 0 saturated carbocycles. The van der Waals surface area contributed by atoms with Crippen molar-refractivity contribution in [1.29, 1.82) is 0 Å². The van der Waals surface area contributed by atoms with Gasteiger partial charge >= 0.3 is 0 Å². The van der Waals surface area contributed by atoms with Crippen molar-refractivity contribution in [2.45, 2.75) is 25.8 Å². The summed E-state index contributed by atoms with van der Waals surface area (Å²) in [6.45, 7) is 5.01. The third-order valence-electron chi connectivity index (χ3n) is 4.04. The lowest BCUT2D eigenvalue weighted by atomic mass is 10.1. The van der Waals surface area contributed by atoms with Gasteiger partial charge in [0.1, 0.15) is 0 Å². The Balaban J connectivity index is 0.00000176. The summed E-state index contributed by atoms with van der Waals surface area (Å²) in [5, 5.41) is 7.52. The molecule has 1 N–H and O–H groups in total. The maximum Gasteiger partial charge on any atom is 0.227 e. The van der Waals surface area contributed by atoms with Crippen LogP contribution < -0.4 is 5.32 Å². The largest absolute Gasteiger partial charge is 0.339 e. The van der Waals surface area contributed by atoms with Crippen LogP contribution in [-0.2, 0) is 12.8 Å². The van der Waals surface area contributed by atoms with Crippen molar-refractivity contribution in [3.05, 3.63) is 47.1 Å². The monoisotopic (exact) mass is 322 g/mol. The number of hydrogen-bond acceptors (Lipinski definition) is 5. The quantitative estimate of drug-likeness (QED) is 0.935. The second-order valence-electron chi connectivity index (χ2n) is 5.73. The SMILES string of the molecule is Cc1ccc(CCc2nc(C3CNCCN3C)no2)cc1.Cl. The third kappa shape index (κ3) is 4.06. The second kappa shape index (κ2) is 7.72. The fourth-order valence-corrected chi connectivity index (χ4v) is 2.61. The van der Waals surface area contributed by atoms with Gasteiger partial charge in [-0.2, -0.15) is 4.98 Å². The smallest absolute Gasteiger partial charge is 0.227 e. The van der Waals surface area contributed by atoms with Crippen molar-refractivity contribution in [3.8, 4) is 0 Å². The minimum Gasteiger partial charge on any atom is -0.339 e. The first kappa shape index (κ1) is 16.9. The maximum atomic E-state index is 5.40. The average Bonchev–Trinajstić information content (AvgIpc) is 2.96. The van der Waals surface area contributed by atoms with E-state index in [4.69, 9.17) is 4.52 Å². The van der Waals surface area contributed by atoms with Gasteiger partial charge in [-0.25, -0.2) is 0 Å². The van der Waals surface area contributed by atoms with Crippen molar-refractivity contribution in [2.24, 2.45) is 0 Å². The first-order valence-corrected chi connectivity index (χ1v) is 7.51. The molecule has 0 spiro atoms. The van der Waals surface area contributed by atoms with E-state index in [0.717, 1.165) is 44.2 Å². The zero-order valence-electron chi connectivity index (χ0n) is 13.1. The summed E-state index contributed by atoms with van der Waals surface area (Å²) in [5.74, 6) is 1.52. The molecule has 3 rings (SSSR count). The minimum absolute atomic E-state index is 0. The second-order valence-corrected chi connectivity index (χ2v) is 5.73. The van der Waals surface area contributed by atoms with Gasteiger partial charge in [0.15, 0.2) is 5.82 Å². The summed E-state index contributed by atoms with van der Waals surface area (Å²) >= 11 is 0. The summed E-state index contributed by atoms with van der Waals surface area (Å²) in [5.41, 5.74) is 2.59. The lowest BCUT2D eigenvalue weighted by molar-refractivity contribution is 0.190. The Labute approximate surface area is 137 Å². The van der Waals surface area contributed by atoms with Crippen LogP contribution in [0, 0.1) is 6.92 Å². The third-order valence-corrected chi connectivity index (χ3v) is 4.04. The standard InChI is InChI=1S/C16H22N4O.ClH/c1-12-3-5-13(6-4-12)7-8-15-18-16(19-21-15)14-11-17-9-10-20(14)2;/h3-6,14,17H,7-11H2,1-2H3;1H. The van der Waals surface area contributed by atoms with Crippen molar-refractivity contribution >= 4 is 12.4 Å². The predicted octanol–water partition coefficient (Wildman–Crippen LogP) is 2.16. The van der Waals surface area contributed by atoms with Crippen LogP contribution in [0.2, 0.25) is 0 Å². The molecule has 1 unspecified atom stereocenters. The van der Waals surface area contributed by atoms with Crippen LogP contribution >= 0.6 is 12.4 Å². The molecule has 22 heavy (non-hydrogen) atoms. The number of aryl methyl sites for hydroxylation is 3. The fourth-order valence-electron chi connectivity index (χ4n) is 2.61. The Morgan fingerprint density at radius 2 is 2.05 bits per heavy atom. The molecule has 2 aromatic rings. The number of halogens is 1. The molecule has 5 nitrogen and oxygen atoms in total. The van der Waals surface area contributed by atoms with Gasteiger partial charge < -0.3 is 9.84 Å². The van der Waals surface area contributed by atoms with Gasteiger partial charge in [0.2, 0.25) is 5.89 Å². The van der Waals surface area contributed by atoms with E-state index < -0.39 is 0 Å². The highest BCUT2D eigenvalue weighted by Gasteiger charge is 2.25. The average molecular weight is 323 g/mol. The predicted molar refractivity (Wildman–Crippen MR) is 88.4 cm³/mol. The number of aromatic nitrogens is 2. The zero-order chi connectivity index (χ0) is 14.7. The Hall–Kier alpha value is -1.43. The van der Waals surface area contributed by atoms with E-state index in [2.05, 4.69) is 58.6 Å². The molecule has 120 valence electrons. The van der Waals surface area contributed by atoms with Gasteiger partial charge in [-0.3, -0.25) is 4.90 Å². The molecule has 0 radical (unpaired) electrons. The lowest BCUT2D eigenvalue weighted by Crippen LogP contribution is -2.44. The molecule has 1 aromatic carbocycles. The van der Waals surface area contributed by atoms with Gasteiger partial charge in [0, 0.05) is 26.1 Å². The van der Waals surface area contributed by atoms with Crippen LogP contribution in [-0.4, -0.2) is 41.7 Å². The number of piperazine rings is 1. The van der Waals surface area contributed by atoms with Crippen molar-refractivity contribution in [1.82, 2.24) is 20.4 Å². The highest BCUT2D eigenvalue weighted by molar-refractivity contribution is 5.85. The van der Waals surface area contributed by atoms with Gasteiger partial charge in [0.05, 0.1) is 6.04 Å². The first-order chi connectivity index (χ1) is 10.2. The molecule has 0 bridgehead atoms. The number of hydrogen-bond donors (Lipinski definition) is 1. The van der Waals surface area contributed by atoms with Crippen LogP contribution in [0.1, 0.15) is 28.9 Å². The molecule has 6 heteroatoms. The topological polar surface area (TPSA) is 54.2 Å².